The molecule has 1 N–H and O–H groups in total. The highest BCUT2D eigenvalue weighted by molar-refractivity contribution is 7.89. The summed E-state index contributed by atoms with van der Waals surface area (Å²) < 4.78 is 27.6. The number of hydrogen-bond acceptors (Lipinski definition) is 3. The molecule has 1 amide bonds. The number of rotatable bonds is 4. The number of anilines is 1. The predicted octanol–water partition coefficient (Wildman–Crippen LogP) is 4.02. The highest BCUT2D eigenvalue weighted by atomic mass is 32.2. The average Bonchev–Trinajstić information content (AvgIpc) is 2.74. The Kier molecular flexibility index (Phi) is 5.15. The number of amides is 1. The van der Waals surface area contributed by atoms with Crippen molar-refractivity contribution in [3.05, 3.63) is 72.8 Å². The Morgan fingerprint density at radius 3 is 2.43 bits per heavy atom. The summed E-state index contributed by atoms with van der Waals surface area (Å²) in [4.78, 5) is 13.3. The van der Waals surface area contributed by atoms with Crippen molar-refractivity contribution in [1.82, 2.24) is 4.31 Å². The fraction of sp³-hybridized carbons (Fsp3) is 0.227. The lowest BCUT2D eigenvalue weighted by Gasteiger charge is -2.33. The number of carbonyl (C=O) groups is 1. The minimum Gasteiger partial charge on any atom is -0.324 e. The number of nitrogens with one attached hydrogen (secondary N) is 1. The van der Waals surface area contributed by atoms with Crippen LogP contribution in [-0.2, 0) is 14.8 Å². The summed E-state index contributed by atoms with van der Waals surface area (Å²) in [6.07, 6.45) is 2.10. The van der Waals surface area contributed by atoms with Crippen molar-refractivity contribution < 1.29 is 13.2 Å². The van der Waals surface area contributed by atoms with Crippen molar-refractivity contribution in [2.24, 2.45) is 0 Å². The van der Waals surface area contributed by atoms with Crippen LogP contribution in [0.3, 0.4) is 0 Å². The molecular weight excluding hydrogens is 372 g/mol. The van der Waals surface area contributed by atoms with Gasteiger partial charge >= 0.3 is 0 Å². The maximum absolute atomic E-state index is 13.1. The van der Waals surface area contributed by atoms with Crippen LogP contribution in [-0.4, -0.2) is 31.2 Å². The Hall–Kier alpha value is -2.70. The van der Waals surface area contributed by atoms with E-state index in [1.54, 1.807) is 30.3 Å². The van der Waals surface area contributed by atoms with Gasteiger partial charge in [-0.3, -0.25) is 4.79 Å². The first-order chi connectivity index (χ1) is 13.6. The molecular formula is C22H22N2O3S. The molecule has 144 valence electrons. The van der Waals surface area contributed by atoms with Crippen molar-refractivity contribution in [3.8, 4) is 0 Å². The molecule has 1 fully saturated rings. The molecule has 1 aliphatic heterocycles. The standard InChI is InChI=1S/C22H22N2O3S/c25-22(23-20-14-8-10-17-9-4-5-13-19(17)20)21-15-6-7-16-24(21)28(26,27)18-11-2-1-3-12-18/h1-5,8-14,21H,6-7,15-16H2,(H,23,25). The third-order valence-corrected chi connectivity index (χ3v) is 7.08. The van der Waals surface area contributed by atoms with E-state index in [-0.39, 0.29) is 10.8 Å². The van der Waals surface area contributed by atoms with E-state index in [9.17, 15) is 13.2 Å². The Labute approximate surface area is 165 Å². The predicted molar refractivity (Wildman–Crippen MR) is 111 cm³/mol. The van der Waals surface area contributed by atoms with E-state index in [1.807, 2.05) is 42.5 Å². The highest BCUT2D eigenvalue weighted by Gasteiger charge is 2.37. The lowest BCUT2D eigenvalue weighted by molar-refractivity contribution is -0.120. The first kappa shape index (κ1) is 18.7. The van der Waals surface area contributed by atoms with Crippen LogP contribution >= 0.6 is 0 Å². The fourth-order valence-corrected chi connectivity index (χ4v) is 5.41. The molecule has 1 unspecified atom stereocenters. The van der Waals surface area contributed by atoms with Crippen molar-refractivity contribution in [1.29, 1.82) is 0 Å². The molecule has 0 saturated carbocycles. The molecule has 6 heteroatoms. The summed E-state index contributed by atoms with van der Waals surface area (Å²) in [6.45, 7) is 0.352. The lowest BCUT2D eigenvalue weighted by atomic mass is 10.0. The van der Waals surface area contributed by atoms with Crippen LogP contribution in [0.5, 0.6) is 0 Å². The van der Waals surface area contributed by atoms with E-state index in [2.05, 4.69) is 5.32 Å². The first-order valence-corrected chi connectivity index (χ1v) is 10.9. The van der Waals surface area contributed by atoms with Gasteiger partial charge in [-0.25, -0.2) is 8.42 Å². The van der Waals surface area contributed by atoms with Crippen LogP contribution < -0.4 is 5.32 Å². The van der Waals surface area contributed by atoms with Gasteiger partial charge in [-0.05, 0) is 36.4 Å². The monoisotopic (exact) mass is 394 g/mol. The number of sulfonamides is 1. The van der Waals surface area contributed by atoms with Gasteiger partial charge in [0.15, 0.2) is 0 Å². The smallest absolute Gasteiger partial charge is 0.243 e. The van der Waals surface area contributed by atoms with Gasteiger partial charge in [0.2, 0.25) is 15.9 Å². The lowest BCUT2D eigenvalue weighted by Crippen LogP contribution is -2.49. The molecule has 0 aliphatic carbocycles. The van der Waals surface area contributed by atoms with Gasteiger partial charge in [-0.1, -0.05) is 61.0 Å². The van der Waals surface area contributed by atoms with Gasteiger partial charge in [-0.15, -0.1) is 0 Å². The minimum atomic E-state index is -3.72. The van der Waals surface area contributed by atoms with Crippen molar-refractivity contribution in [2.75, 3.05) is 11.9 Å². The zero-order valence-corrected chi connectivity index (χ0v) is 16.2. The summed E-state index contributed by atoms with van der Waals surface area (Å²) >= 11 is 0. The molecule has 5 nitrogen and oxygen atoms in total. The van der Waals surface area contributed by atoms with Gasteiger partial charge in [0.1, 0.15) is 6.04 Å². The highest BCUT2D eigenvalue weighted by Crippen LogP contribution is 2.28. The summed E-state index contributed by atoms with van der Waals surface area (Å²) in [6, 6.07) is 21.1. The molecule has 28 heavy (non-hydrogen) atoms. The zero-order valence-electron chi connectivity index (χ0n) is 15.4. The Morgan fingerprint density at radius 1 is 0.893 bits per heavy atom. The van der Waals surface area contributed by atoms with Crippen LogP contribution in [0.2, 0.25) is 0 Å². The molecule has 0 aromatic heterocycles. The molecule has 0 bridgehead atoms. The molecule has 1 heterocycles. The molecule has 0 radical (unpaired) electrons. The number of fused-ring (bicyclic) bond motifs is 1. The maximum atomic E-state index is 13.1. The fourth-order valence-electron chi connectivity index (χ4n) is 3.73. The number of benzene rings is 3. The summed E-state index contributed by atoms with van der Waals surface area (Å²) in [5.41, 5.74) is 0.700. The minimum absolute atomic E-state index is 0.222. The molecule has 4 rings (SSSR count). The van der Waals surface area contributed by atoms with Gasteiger partial charge < -0.3 is 5.32 Å². The summed E-state index contributed by atoms with van der Waals surface area (Å²) in [5, 5.41) is 4.93. The van der Waals surface area contributed by atoms with Crippen molar-refractivity contribution >= 4 is 32.4 Å². The molecule has 1 saturated heterocycles. The summed E-state index contributed by atoms with van der Waals surface area (Å²) in [5.74, 6) is -0.282. The van der Waals surface area contributed by atoms with E-state index in [0.717, 1.165) is 23.6 Å². The Balaban J connectivity index is 1.63. The summed E-state index contributed by atoms with van der Waals surface area (Å²) in [7, 11) is -3.72. The zero-order chi connectivity index (χ0) is 19.6. The third-order valence-electron chi connectivity index (χ3n) is 5.15. The van der Waals surface area contributed by atoms with Crippen LogP contribution in [0.25, 0.3) is 10.8 Å². The number of hydrogen-bond donors (Lipinski definition) is 1. The first-order valence-electron chi connectivity index (χ1n) is 9.43. The normalized spacial score (nSPS) is 18.1. The second-order valence-corrected chi connectivity index (χ2v) is 8.85. The second-order valence-electron chi connectivity index (χ2n) is 6.96. The molecule has 1 aliphatic rings. The van der Waals surface area contributed by atoms with Gasteiger partial charge in [0.25, 0.3) is 0 Å². The third kappa shape index (κ3) is 3.53. The average molecular weight is 394 g/mol. The van der Waals surface area contributed by atoms with E-state index in [1.165, 1.54) is 4.31 Å². The quantitative estimate of drug-likeness (QED) is 0.727. The number of carbonyl (C=O) groups excluding carboxylic acids is 1. The maximum Gasteiger partial charge on any atom is 0.243 e. The van der Waals surface area contributed by atoms with Crippen LogP contribution in [0.15, 0.2) is 77.7 Å². The molecule has 0 spiro atoms. The van der Waals surface area contributed by atoms with Gasteiger partial charge in [0.05, 0.1) is 4.90 Å². The SMILES string of the molecule is O=C(Nc1cccc2ccccc12)C1CCCCN1S(=O)(=O)c1ccccc1. The van der Waals surface area contributed by atoms with Gasteiger partial charge in [0, 0.05) is 17.6 Å². The number of piperidine rings is 1. The van der Waals surface area contributed by atoms with Crippen LogP contribution in [0.1, 0.15) is 19.3 Å². The number of nitrogens with zero attached hydrogens (tertiary/aromatic N) is 1. The molecule has 3 aromatic carbocycles. The van der Waals surface area contributed by atoms with Crippen LogP contribution in [0, 0.1) is 0 Å². The second kappa shape index (κ2) is 7.73. The van der Waals surface area contributed by atoms with Crippen molar-refractivity contribution in [2.45, 2.75) is 30.2 Å². The Bertz CT molecular complexity index is 1090. The van der Waals surface area contributed by atoms with Crippen molar-refractivity contribution in [3.63, 3.8) is 0 Å². The molecule has 1 atom stereocenters. The van der Waals surface area contributed by atoms with E-state index < -0.39 is 16.1 Å². The topological polar surface area (TPSA) is 66.5 Å². The van der Waals surface area contributed by atoms with E-state index >= 15 is 0 Å². The van der Waals surface area contributed by atoms with Gasteiger partial charge in [-0.2, -0.15) is 4.31 Å². The van der Waals surface area contributed by atoms with Crippen LogP contribution in [0.4, 0.5) is 5.69 Å². The van der Waals surface area contributed by atoms with E-state index in [4.69, 9.17) is 0 Å². The Morgan fingerprint density at radius 2 is 1.61 bits per heavy atom. The largest absolute Gasteiger partial charge is 0.324 e. The van der Waals surface area contributed by atoms with E-state index in [0.29, 0.717) is 18.7 Å². The molecule has 3 aromatic rings.